The predicted molar refractivity (Wildman–Crippen MR) is 141 cm³/mol. The summed E-state index contributed by atoms with van der Waals surface area (Å²) in [5.74, 6) is 1.12. The smallest absolute Gasteiger partial charge is 0.165 e. The van der Waals surface area contributed by atoms with E-state index in [4.69, 9.17) is 21.7 Å². The molecule has 1 fully saturated rings. The Morgan fingerprint density at radius 2 is 1.59 bits per heavy atom. The van der Waals surface area contributed by atoms with Gasteiger partial charge < -0.3 is 4.90 Å². The lowest BCUT2D eigenvalue weighted by atomic mass is 9.91. The van der Waals surface area contributed by atoms with Gasteiger partial charge in [0.2, 0.25) is 0 Å². The molecule has 0 aliphatic carbocycles. The quantitative estimate of drug-likeness (QED) is 0.365. The summed E-state index contributed by atoms with van der Waals surface area (Å²) in [5.41, 5.74) is 6.44. The highest BCUT2D eigenvalue weighted by Crippen LogP contribution is 2.33. The lowest BCUT2D eigenvalue weighted by Crippen LogP contribution is -2.46. The van der Waals surface area contributed by atoms with E-state index in [2.05, 4.69) is 86.0 Å². The zero-order valence-electron chi connectivity index (χ0n) is 20.4. The minimum Gasteiger partial charge on any atom is -0.354 e. The van der Waals surface area contributed by atoms with Crippen LogP contribution in [0.5, 0.6) is 0 Å². The van der Waals surface area contributed by atoms with Crippen molar-refractivity contribution in [1.29, 1.82) is 0 Å². The first-order valence-electron chi connectivity index (χ1n) is 12.0. The zero-order valence-corrected chi connectivity index (χ0v) is 21.2. The summed E-state index contributed by atoms with van der Waals surface area (Å²) >= 11 is 6.16. The van der Waals surface area contributed by atoms with Crippen molar-refractivity contribution in [2.45, 2.75) is 39.7 Å². The maximum atomic E-state index is 6.16. The van der Waals surface area contributed by atoms with Crippen molar-refractivity contribution in [3.63, 3.8) is 0 Å². The van der Waals surface area contributed by atoms with E-state index in [1.54, 1.807) is 0 Å². The number of aryl methyl sites for hydroxylation is 1. The van der Waals surface area contributed by atoms with Crippen LogP contribution in [0.3, 0.4) is 0 Å². The number of piperazine rings is 1. The molecule has 34 heavy (non-hydrogen) atoms. The Balaban J connectivity index is 1.51. The first-order valence-corrected chi connectivity index (χ1v) is 12.4. The van der Waals surface area contributed by atoms with Gasteiger partial charge in [-0.1, -0.05) is 74.8 Å². The van der Waals surface area contributed by atoms with Gasteiger partial charge in [0.05, 0.1) is 11.4 Å². The third-order valence-electron chi connectivity index (χ3n) is 6.59. The molecular weight excluding hydrogens is 442 g/mol. The summed E-state index contributed by atoms with van der Waals surface area (Å²) < 4.78 is 2.04. The number of benzene rings is 2. The molecule has 6 heteroatoms. The second-order valence-electron chi connectivity index (χ2n) is 10.2. The van der Waals surface area contributed by atoms with Crippen molar-refractivity contribution in [3.8, 4) is 11.1 Å². The lowest BCUT2D eigenvalue weighted by molar-refractivity contribution is 0.249. The number of hydrogen-bond donors (Lipinski definition) is 0. The third-order valence-corrected chi connectivity index (χ3v) is 6.84. The van der Waals surface area contributed by atoms with Crippen LogP contribution in [0.4, 0.5) is 5.82 Å². The first kappa shape index (κ1) is 22.9. The van der Waals surface area contributed by atoms with Gasteiger partial charge in [0.1, 0.15) is 5.82 Å². The van der Waals surface area contributed by atoms with Crippen LogP contribution in [0, 0.1) is 6.92 Å². The second-order valence-corrected chi connectivity index (χ2v) is 10.6. The van der Waals surface area contributed by atoms with Gasteiger partial charge >= 0.3 is 0 Å². The molecule has 5 rings (SSSR count). The average Bonchev–Trinajstić information content (AvgIpc) is 3.15. The maximum Gasteiger partial charge on any atom is 0.165 e. The molecule has 5 nitrogen and oxygen atoms in total. The molecule has 0 N–H and O–H groups in total. The Morgan fingerprint density at radius 1 is 0.912 bits per heavy atom. The summed E-state index contributed by atoms with van der Waals surface area (Å²) in [6.45, 7) is 13.7. The van der Waals surface area contributed by atoms with Crippen LogP contribution in [-0.4, -0.2) is 45.7 Å². The fourth-order valence-corrected chi connectivity index (χ4v) is 4.77. The van der Waals surface area contributed by atoms with Crippen LogP contribution < -0.4 is 4.90 Å². The van der Waals surface area contributed by atoms with E-state index >= 15 is 0 Å². The standard InChI is InChI=1S/C28H32ClN5/c1-20-26(22-10-12-23(29)13-11-22)27-30-24(28(2,3)4)18-25(34(27)31-20)33-16-14-32(15-17-33)19-21-8-6-5-7-9-21/h5-13,18H,14-17,19H2,1-4H3. The molecule has 0 amide bonds. The van der Waals surface area contributed by atoms with Gasteiger partial charge in [0.25, 0.3) is 0 Å². The van der Waals surface area contributed by atoms with Gasteiger partial charge in [-0.3, -0.25) is 4.90 Å². The minimum atomic E-state index is -0.0684. The summed E-state index contributed by atoms with van der Waals surface area (Å²) in [6, 6.07) is 20.9. The van der Waals surface area contributed by atoms with Crippen LogP contribution in [0.15, 0.2) is 60.7 Å². The monoisotopic (exact) mass is 473 g/mol. The Kier molecular flexibility index (Phi) is 6.09. The Morgan fingerprint density at radius 3 is 2.24 bits per heavy atom. The van der Waals surface area contributed by atoms with E-state index in [0.717, 1.165) is 71.7 Å². The zero-order chi connectivity index (χ0) is 23.9. The predicted octanol–water partition coefficient (Wildman–Crippen LogP) is 5.98. The van der Waals surface area contributed by atoms with Crippen molar-refractivity contribution < 1.29 is 0 Å². The average molecular weight is 474 g/mol. The van der Waals surface area contributed by atoms with E-state index in [1.165, 1.54) is 5.56 Å². The van der Waals surface area contributed by atoms with Gasteiger partial charge in [-0.15, -0.1) is 0 Å². The van der Waals surface area contributed by atoms with E-state index in [9.17, 15) is 0 Å². The Hall–Kier alpha value is -2.89. The second kappa shape index (κ2) is 9.05. The van der Waals surface area contributed by atoms with Gasteiger partial charge in [-0.05, 0) is 30.2 Å². The van der Waals surface area contributed by atoms with E-state index < -0.39 is 0 Å². The molecule has 2 aromatic heterocycles. The third kappa shape index (κ3) is 4.55. The lowest BCUT2D eigenvalue weighted by Gasteiger charge is -2.36. The van der Waals surface area contributed by atoms with Crippen LogP contribution in [0.1, 0.15) is 37.7 Å². The number of fused-ring (bicyclic) bond motifs is 1. The normalized spacial score (nSPS) is 15.3. The van der Waals surface area contributed by atoms with Gasteiger partial charge in [0.15, 0.2) is 5.65 Å². The summed E-state index contributed by atoms with van der Waals surface area (Å²) in [4.78, 5) is 10.1. The highest BCUT2D eigenvalue weighted by molar-refractivity contribution is 6.30. The molecule has 176 valence electrons. The molecule has 2 aromatic carbocycles. The van der Waals surface area contributed by atoms with Crippen molar-refractivity contribution in [1.82, 2.24) is 19.5 Å². The number of halogens is 1. The first-order chi connectivity index (χ1) is 16.3. The van der Waals surface area contributed by atoms with Crippen molar-refractivity contribution >= 4 is 23.1 Å². The Bertz CT molecular complexity index is 1280. The van der Waals surface area contributed by atoms with Crippen molar-refractivity contribution in [2.24, 2.45) is 0 Å². The molecule has 1 aliphatic heterocycles. The van der Waals surface area contributed by atoms with Gasteiger partial charge in [-0.25, -0.2) is 4.98 Å². The number of hydrogen-bond acceptors (Lipinski definition) is 4. The molecule has 0 bridgehead atoms. The summed E-state index contributed by atoms with van der Waals surface area (Å²) in [6.07, 6.45) is 0. The highest BCUT2D eigenvalue weighted by atomic mass is 35.5. The molecule has 4 aromatic rings. The minimum absolute atomic E-state index is 0.0684. The van der Waals surface area contributed by atoms with Crippen molar-refractivity contribution in [3.05, 3.63) is 82.6 Å². The SMILES string of the molecule is Cc1nn2c(N3CCN(Cc4ccccc4)CC3)cc(C(C)(C)C)nc2c1-c1ccc(Cl)cc1. The maximum absolute atomic E-state index is 6.16. The molecular formula is C28H32ClN5. The molecule has 3 heterocycles. The summed E-state index contributed by atoms with van der Waals surface area (Å²) in [5, 5.41) is 5.69. The van der Waals surface area contributed by atoms with Gasteiger partial charge in [-0.2, -0.15) is 9.61 Å². The number of rotatable bonds is 4. The fraction of sp³-hybridized carbons (Fsp3) is 0.357. The molecule has 0 spiro atoms. The van der Waals surface area contributed by atoms with E-state index in [0.29, 0.717) is 0 Å². The number of nitrogens with zero attached hydrogens (tertiary/aromatic N) is 5. The van der Waals surface area contributed by atoms with Crippen LogP contribution in [-0.2, 0) is 12.0 Å². The van der Waals surface area contributed by atoms with Gasteiger partial charge in [0, 0.05) is 54.8 Å². The molecule has 0 radical (unpaired) electrons. The van der Waals surface area contributed by atoms with E-state index in [-0.39, 0.29) is 5.41 Å². The molecule has 0 saturated carbocycles. The molecule has 1 aliphatic rings. The van der Waals surface area contributed by atoms with Crippen molar-refractivity contribution in [2.75, 3.05) is 31.1 Å². The molecule has 0 atom stereocenters. The van der Waals surface area contributed by atoms with E-state index in [1.807, 2.05) is 16.6 Å². The number of anilines is 1. The fourth-order valence-electron chi connectivity index (χ4n) is 4.65. The Labute approximate surface area is 207 Å². The van der Waals surface area contributed by atoms with Crippen LogP contribution in [0.2, 0.25) is 5.02 Å². The topological polar surface area (TPSA) is 36.7 Å². The number of aromatic nitrogens is 3. The summed E-state index contributed by atoms with van der Waals surface area (Å²) in [7, 11) is 0. The molecule has 0 unspecified atom stereocenters. The molecule has 1 saturated heterocycles. The van der Waals surface area contributed by atoms with Crippen LogP contribution in [0.25, 0.3) is 16.8 Å². The highest BCUT2D eigenvalue weighted by Gasteiger charge is 2.26. The van der Waals surface area contributed by atoms with Crippen LogP contribution >= 0.6 is 11.6 Å². The largest absolute Gasteiger partial charge is 0.354 e.